The number of hydrogen-bond acceptors (Lipinski definition) is 5. The maximum absolute atomic E-state index is 12.3. The number of esters is 1. The van der Waals surface area contributed by atoms with Crippen LogP contribution in [0.25, 0.3) is 0 Å². The van der Waals surface area contributed by atoms with Crippen LogP contribution in [0.15, 0.2) is 34.9 Å². The van der Waals surface area contributed by atoms with Crippen LogP contribution in [-0.4, -0.2) is 25.2 Å². The fraction of sp³-hybridized carbons (Fsp3) is 0.312. The first kappa shape index (κ1) is 16.1. The fourth-order valence-corrected chi connectivity index (χ4v) is 3.10. The Balaban J connectivity index is 2.62. The minimum absolute atomic E-state index is 0.381. The molecule has 1 heterocycles. The smallest absolute Gasteiger partial charge is 0.319 e. The summed E-state index contributed by atoms with van der Waals surface area (Å²) in [5.74, 6) is -2.77. The molecule has 0 aromatic heterocycles. The molecule has 0 aliphatic carbocycles. The number of ether oxygens (including phenoxy) is 1. The number of nitrogens with zero attached hydrogens (tertiary/aromatic N) is 1. The Morgan fingerprint density at radius 2 is 2.00 bits per heavy atom. The van der Waals surface area contributed by atoms with Crippen LogP contribution in [0.3, 0.4) is 0 Å². The van der Waals surface area contributed by atoms with E-state index in [0.29, 0.717) is 10.6 Å². The summed E-state index contributed by atoms with van der Waals surface area (Å²) in [6.07, 6.45) is 1.78. The molecule has 1 aromatic carbocycles. The van der Waals surface area contributed by atoms with Gasteiger partial charge in [0.05, 0.1) is 23.8 Å². The van der Waals surface area contributed by atoms with Gasteiger partial charge in [0, 0.05) is 5.92 Å². The van der Waals surface area contributed by atoms with Crippen molar-refractivity contribution in [1.29, 1.82) is 5.26 Å². The number of thioether (sulfide) groups is 1. The molecule has 5 nitrogen and oxygen atoms in total. The standard InChI is InChI=1S/C16H16N2O3S/c1-9-4-6-10(7-5-9)12-11(8-17)15(22-3)18-14(19)13(12)16(20)21-2/h4-7,12-13H,1-3H3,(H,18,19)/t12-,13+/m1/s1. The molecule has 1 aliphatic heterocycles. The van der Waals surface area contributed by atoms with Crippen molar-refractivity contribution in [3.63, 3.8) is 0 Å². The van der Waals surface area contributed by atoms with Crippen LogP contribution in [0.2, 0.25) is 0 Å². The van der Waals surface area contributed by atoms with E-state index in [4.69, 9.17) is 4.74 Å². The first-order valence-electron chi connectivity index (χ1n) is 6.67. The number of carbonyl (C=O) groups is 2. The molecule has 2 rings (SSSR count). The van der Waals surface area contributed by atoms with E-state index in [2.05, 4.69) is 11.4 Å². The summed E-state index contributed by atoms with van der Waals surface area (Å²) >= 11 is 1.28. The lowest BCUT2D eigenvalue weighted by Gasteiger charge is -2.30. The Kier molecular flexibility index (Phi) is 4.88. The number of carbonyl (C=O) groups excluding carboxylic acids is 2. The highest BCUT2D eigenvalue weighted by molar-refractivity contribution is 8.02. The monoisotopic (exact) mass is 316 g/mol. The molecule has 22 heavy (non-hydrogen) atoms. The quantitative estimate of drug-likeness (QED) is 0.682. The number of aryl methyl sites for hydroxylation is 1. The van der Waals surface area contributed by atoms with E-state index in [1.54, 1.807) is 6.26 Å². The maximum Gasteiger partial charge on any atom is 0.319 e. The van der Waals surface area contributed by atoms with Gasteiger partial charge < -0.3 is 10.1 Å². The van der Waals surface area contributed by atoms with E-state index in [-0.39, 0.29) is 0 Å². The van der Waals surface area contributed by atoms with Gasteiger partial charge in [0.25, 0.3) is 0 Å². The third kappa shape index (κ3) is 2.85. The third-order valence-electron chi connectivity index (χ3n) is 3.62. The molecule has 0 fully saturated rings. The zero-order chi connectivity index (χ0) is 16.3. The maximum atomic E-state index is 12.3. The predicted molar refractivity (Wildman–Crippen MR) is 83.7 cm³/mol. The van der Waals surface area contributed by atoms with E-state index in [0.717, 1.165) is 11.1 Å². The Morgan fingerprint density at radius 3 is 2.50 bits per heavy atom. The Labute approximate surface area is 133 Å². The van der Waals surface area contributed by atoms with Crippen LogP contribution in [0.4, 0.5) is 0 Å². The van der Waals surface area contributed by atoms with Gasteiger partial charge in [-0.3, -0.25) is 9.59 Å². The van der Waals surface area contributed by atoms with Gasteiger partial charge in [-0.1, -0.05) is 29.8 Å². The lowest BCUT2D eigenvalue weighted by Crippen LogP contribution is -2.44. The average Bonchev–Trinajstić information content (AvgIpc) is 2.53. The zero-order valence-electron chi connectivity index (χ0n) is 12.5. The molecule has 1 aliphatic rings. The van der Waals surface area contributed by atoms with Crippen LogP contribution < -0.4 is 5.32 Å². The van der Waals surface area contributed by atoms with Crippen LogP contribution in [0, 0.1) is 24.2 Å². The van der Waals surface area contributed by atoms with Crippen LogP contribution >= 0.6 is 11.8 Å². The fourth-order valence-electron chi connectivity index (χ4n) is 2.50. The van der Waals surface area contributed by atoms with E-state index in [9.17, 15) is 14.9 Å². The van der Waals surface area contributed by atoms with Gasteiger partial charge >= 0.3 is 5.97 Å². The van der Waals surface area contributed by atoms with Crippen LogP contribution in [0.1, 0.15) is 17.0 Å². The molecule has 0 unspecified atom stereocenters. The van der Waals surface area contributed by atoms with Crippen molar-refractivity contribution >= 4 is 23.6 Å². The van der Waals surface area contributed by atoms with Gasteiger partial charge in [-0.2, -0.15) is 5.26 Å². The van der Waals surface area contributed by atoms with Gasteiger partial charge in [0.2, 0.25) is 5.91 Å². The highest BCUT2D eigenvalue weighted by atomic mass is 32.2. The molecule has 1 amide bonds. The topological polar surface area (TPSA) is 79.2 Å². The lowest BCUT2D eigenvalue weighted by molar-refractivity contribution is -0.150. The molecule has 0 saturated heterocycles. The van der Waals surface area contributed by atoms with E-state index < -0.39 is 23.7 Å². The van der Waals surface area contributed by atoms with Crippen molar-refractivity contribution in [1.82, 2.24) is 5.32 Å². The van der Waals surface area contributed by atoms with Gasteiger partial charge in [-0.15, -0.1) is 11.8 Å². The summed E-state index contributed by atoms with van der Waals surface area (Å²) in [5, 5.41) is 12.6. The molecule has 1 N–H and O–H groups in total. The Hall–Kier alpha value is -2.26. The molecule has 6 heteroatoms. The summed E-state index contributed by atoms with van der Waals surface area (Å²) in [6.45, 7) is 1.95. The molecule has 0 saturated carbocycles. The summed E-state index contributed by atoms with van der Waals surface area (Å²) < 4.78 is 4.76. The molecule has 1 aromatic rings. The number of allylic oxidation sites excluding steroid dienone is 1. The lowest BCUT2D eigenvalue weighted by atomic mass is 9.78. The summed E-state index contributed by atoms with van der Waals surface area (Å²) in [7, 11) is 1.24. The van der Waals surface area contributed by atoms with Crippen molar-refractivity contribution < 1.29 is 14.3 Å². The van der Waals surface area contributed by atoms with Crippen molar-refractivity contribution in [2.24, 2.45) is 5.92 Å². The summed E-state index contributed by atoms with van der Waals surface area (Å²) in [6, 6.07) is 9.59. The first-order chi connectivity index (χ1) is 10.5. The average molecular weight is 316 g/mol. The van der Waals surface area contributed by atoms with E-state index in [1.807, 2.05) is 31.2 Å². The molecular weight excluding hydrogens is 300 g/mol. The molecule has 114 valence electrons. The van der Waals surface area contributed by atoms with Crippen LogP contribution in [0.5, 0.6) is 0 Å². The summed E-state index contributed by atoms with van der Waals surface area (Å²) in [5.41, 5.74) is 2.19. The van der Waals surface area contributed by atoms with E-state index >= 15 is 0 Å². The Morgan fingerprint density at radius 1 is 1.36 bits per heavy atom. The minimum atomic E-state index is -1.06. The molecular formula is C16H16N2O3S. The number of hydrogen-bond donors (Lipinski definition) is 1. The van der Waals surface area contributed by atoms with Crippen molar-refractivity contribution in [3.05, 3.63) is 46.0 Å². The molecule has 2 atom stereocenters. The second-order valence-corrected chi connectivity index (χ2v) is 5.75. The first-order valence-corrected chi connectivity index (χ1v) is 7.89. The van der Waals surface area contributed by atoms with Gasteiger partial charge in [-0.25, -0.2) is 0 Å². The van der Waals surface area contributed by atoms with Gasteiger partial charge in [0.1, 0.15) is 5.92 Å². The number of amides is 1. The second-order valence-electron chi connectivity index (χ2n) is 4.94. The van der Waals surface area contributed by atoms with Gasteiger partial charge in [0.15, 0.2) is 0 Å². The highest BCUT2D eigenvalue weighted by Crippen LogP contribution is 2.39. The molecule has 0 spiro atoms. The van der Waals surface area contributed by atoms with E-state index in [1.165, 1.54) is 18.9 Å². The number of rotatable bonds is 3. The highest BCUT2D eigenvalue weighted by Gasteiger charge is 2.43. The normalized spacial score (nSPS) is 21.1. The number of nitriles is 1. The minimum Gasteiger partial charge on any atom is -0.468 e. The number of methoxy groups -OCH3 is 1. The van der Waals surface area contributed by atoms with Crippen molar-refractivity contribution in [2.75, 3.05) is 13.4 Å². The SMILES string of the molecule is COC(=O)[C@@H]1C(=O)NC(SC)=C(C#N)[C@H]1c1ccc(C)cc1. The number of nitrogens with one attached hydrogen (secondary N) is 1. The molecule has 0 bridgehead atoms. The van der Waals surface area contributed by atoms with Crippen LogP contribution in [-0.2, 0) is 14.3 Å². The predicted octanol–water partition coefficient (Wildman–Crippen LogP) is 2.10. The zero-order valence-corrected chi connectivity index (χ0v) is 13.4. The second kappa shape index (κ2) is 6.67. The Bertz CT molecular complexity index is 674. The third-order valence-corrected chi connectivity index (χ3v) is 4.35. The number of benzene rings is 1. The van der Waals surface area contributed by atoms with Crippen molar-refractivity contribution in [3.8, 4) is 6.07 Å². The summed E-state index contributed by atoms with van der Waals surface area (Å²) in [4.78, 5) is 24.4. The molecule has 0 radical (unpaired) electrons. The van der Waals surface area contributed by atoms with Gasteiger partial charge in [-0.05, 0) is 18.7 Å². The largest absolute Gasteiger partial charge is 0.468 e. The van der Waals surface area contributed by atoms with Crippen molar-refractivity contribution in [2.45, 2.75) is 12.8 Å².